The fourth-order valence-corrected chi connectivity index (χ4v) is 3.10. The minimum absolute atomic E-state index is 0.145. The van der Waals surface area contributed by atoms with Crippen molar-refractivity contribution in [3.8, 4) is 10.7 Å². The Morgan fingerprint density at radius 2 is 2.12 bits per heavy atom. The number of aromatic nitrogens is 2. The van der Waals surface area contributed by atoms with Gasteiger partial charge in [-0.1, -0.05) is 46.7 Å². The normalized spacial score (nSPS) is 16.3. The molecule has 1 atom stereocenters. The summed E-state index contributed by atoms with van der Waals surface area (Å²) >= 11 is 1.52. The van der Waals surface area contributed by atoms with Crippen LogP contribution in [0.25, 0.3) is 10.7 Å². The molecule has 0 radical (unpaired) electrons. The molecular formula is C17H14N4O3S. The van der Waals surface area contributed by atoms with E-state index < -0.39 is 0 Å². The molecule has 1 amide bonds. The lowest BCUT2D eigenvalue weighted by atomic mass is 10.0. The van der Waals surface area contributed by atoms with Crippen LogP contribution < -0.4 is 5.32 Å². The van der Waals surface area contributed by atoms with Crippen molar-refractivity contribution in [3.63, 3.8) is 0 Å². The molecule has 1 aromatic carbocycles. The Labute approximate surface area is 147 Å². The highest BCUT2D eigenvalue weighted by Crippen LogP contribution is 2.27. The fraction of sp³-hybridized carbons (Fsp3) is 0.176. The van der Waals surface area contributed by atoms with Gasteiger partial charge in [0.2, 0.25) is 11.7 Å². The van der Waals surface area contributed by atoms with Crippen LogP contribution >= 0.6 is 11.3 Å². The number of thiophene rings is 1. The second-order valence-electron chi connectivity index (χ2n) is 5.42. The predicted octanol–water partition coefficient (Wildman–Crippen LogP) is 2.93. The van der Waals surface area contributed by atoms with Crippen LogP contribution in [0.15, 0.2) is 57.5 Å². The molecule has 0 saturated carbocycles. The summed E-state index contributed by atoms with van der Waals surface area (Å²) in [6.45, 7) is 0.145. The highest BCUT2D eigenvalue weighted by atomic mass is 32.1. The summed E-state index contributed by atoms with van der Waals surface area (Å²) in [5.74, 6) is 0.565. The van der Waals surface area contributed by atoms with Crippen molar-refractivity contribution in [1.29, 1.82) is 0 Å². The SMILES string of the molecule is O=C(NCc1nc(-c2cccs2)no1)C1=NOC(c2ccccc2)C1. The standard InChI is InChI=1S/C17H14N4O3S/c22-17(12-9-13(23-20-12)11-5-2-1-3-6-11)18-10-15-19-16(21-24-15)14-7-4-8-25-14/h1-8,13H,9-10H2,(H,18,22). The molecule has 8 heteroatoms. The van der Waals surface area contributed by atoms with E-state index in [0.29, 0.717) is 23.8 Å². The van der Waals surface area contributed by atoms with Crippen LogP contribution in [0.4, 0.5) is 0 Å². The summed E-state index contributed by atoms with van der Waals surface area (Å²) in [6.07, 6.45) is 0.205. The van der Waals surface area contributed by atoms with Gasteiger partial charge in [0.05, 0.1) is 11.4 Å². The van der Waals surface area contributed by atoms with Crippen LogP contribution in [0.3, 0.4) is 0 Å². The van der Waals surface area contributed by atoms with Gasteiger partial charge in [0, 0.05) is 6.42 Å². The molecule has 3 aromatic rings. The molecule has 7 nitrogen and oxygen atoms in total. The number of carbonyl (C=O) groups excluding carboxylic acids is 1. The Bertz CT molecular complexity index is 890. The van der Waals surface area contributed by atoms with Gasteiger partial charge in [-0.05, 0) is 17.0 Å². The summed E-state index contributed by atoms with van der Waals surface area (Å²) in [5.41, 5.74) is 1.35. The van der Waals surface area contributed by atoms with E-state index in [1.54, 1.807) is 0 Å². The minimum atomic E-state index is -0.297. The molecule has 2 aromatic heterocycles. The Morgan fingerprint density at radius 1 is 1.24 bits per heavy atom. The van der Waals surface area contributed by atoms with E-state index in [9.17, 15) is 4.79 Å². The largest absolute Gasteiger partial charge is 0.387 e. The van der Waals surface area contributed by atoms with Crippen LogP contribution in [0.1, 0.15) is 24.0 Å². The number of amides is 1. The maximum Gasteiger partial charge on any atom is 0.269 e. The van der Waals surface area contributed by atoms with Crippen molar-refractivity contribution in [3.05, 3.63) is 59.3 Å². The highest BCUT2D eigenvalue weighted by Gasteiger charge is 2.27. The Balaban J connectivity index is 1.32. The number of nitrogens with zero attached hydrogens (tertiary/aromatic N) is 3. The molecule has 1 unspecified atom stereocenters. The number of carbonyl (C=O) groups is 1. The van der Waals surface area contributed by atoms with Crippen molar-refractivity contribution in [2.24, 2.45) is 5.16 Å². The van der Waals surface area contributed by atoms with Gasteiger partial charge >= 0.3 is 0 Å². The van der Waals surface area contributed by atoms with Crippen molar-refractivity contribution < 1.29 is 14.2 Å². The Kier molecular flexibility index (Phi) is 4.26. The van der Waals surface area contributed by atoms with E-state index in [4.69, 9.17) is 9.36 Å². The number of nitrogens with one attached hydrogen (secondary N) is 1. The van der Waals surface area contributed by atoms with E-state index in [1.807, 2.05) is 47.8 Å². The lowest BCUT2D eigenvalue weighted by molar-refractivity contribution is -0.115. The quantitative estimate of drug-likeness (QED) is 0.761. The molecule has 1 aliphatic heterocycles. The van der Waals surface area contributed by atoms with Gasteiger partial charge in [-0.15, -0.1) is 11.3 Å². The number of rotatable bonds is 5. The number of hydrogen-bond donors (Lipinski definition) is 1. The van der Waals surface area contributed by atoms with E-state index in [-0.39, 0.29) is 18.6 Å². The molecule has 1 N–H and O–H groups in total. The summed E-state index contributed by atoms with van der Waals surface area (Å²) < 4.78 is 5.15. The third kappa shape index (κ3) is 3.43. The van der Waals surface area contributed by atoms with E-state index in [0.717, 1.165) is 10.4 Å². The van der Waals surface area contributed by atoms with Crippen molar-refractivity contribution in [2.75, 3.05) is 0 Å². The zero-order chi connectivity index (χ0) is 17.1. The summed E-state index contributed by atoms with van der Waals surface area (Å²) in [7, 11) is 0. The smallest absolute Gasteiger partial charge is 0.269 e. The monoisotopic (exact) mass is 354 g/mol. The summed E-state index contributed by atoms with van der Waals surface area (Å²) in [5, 5.41) is 12.5. The molecule has 0 saturated heterocycles. The van der Waals surface area contributed by atoms with Gasteiger partial charge in [0.15, 0.2) is 6.10 Å². The molecule has 4 rings (SSSR count). The number of oxime groups is 1. The van der Waals surface area contributed by atoms with Gasteiger partial charge < -0.3 is 14.7 Å². The van der Waals surface area contributed by atoms with Gasteiger partial charge in [-0.3, -0.25) is 4.79 Å². The third-order valence-corrected chi connectivity index (χ3v) is 4.58. The molecule has 0 spiro atoms. The first-order chi connectivity index (χ1) is 12.3. The second kappa shape index (κ2) is 6.86. The van der Waals surface area contributed by atoms with Gasteiger partial charge in [-0.25, -0.2) is 0 Å². The first-order valence-corrected chi connectivity index (χ1v) is 8.60. The summed E-state index contributed by atoms with van der Waals surface area (Å²) in [4.78, 5) is 22.8. The van der Waals surface area contributed by atoms with Gasteiger partial charge in [0.25, 0.3) is 5.91 Å². The van der Waals surface area contributed by atoms with Crippen molar-refractivity contribution in [2.45, 2.75) is 19.1 Å². The Morgan fingerprint density at radius 3 is 2.92 bits per heavy atom. The first kappa shape index (κ1) is 15.5. The Hall–Kier alpha value is -3.00. The third-order valence-electron chi connectivity index (χ3n) is 3.71. The number of hydrogen-bond acceptors (Lipinski definition) is 7. The topological polar surface area (TPSA) is 89.6 Å². The lowest BCUT2D eigenvalue weighted by Crippen LogP contribution is -2.30. The molecule has 3 heterocycles. The van der Waals surface area contributed by atoms with Crippen LogP contribution in [0.2, 0.25) is 0 Å². The molecule has 1 aliphatic rings. The average molecular weight is 354 g/mol. The zero-order valence-electron chi connectivity index (χ0n) is 13.1. The fourth-order valence-electron chi connectivity index (χ4n) is 2.45. The highest BCUT2D eigenvalue weighted by molar-refractivity contribution is 7.13. The first-order valence-electron chi connectivity index (χ1n) is 7.72. The molecule has 0 fully saturated rings. The van der Waals surface area contributed by atoms with Crippen LogP contribution in [-0.2, 0) is 16.2 Å². The predicted molar refractivity (Wildman–Crippen MR) is 91.8 cm³/mol. The maximum atomic E-state index is 12.2. The van der Waals surface area contributed by atoms with E-state index in [1.165, 1.54) is 11.3 Å². The maximum absolute atomic E-state index is 12.2. The second-order valence-corrected chi connectivity index (χ2v) is 6.37. The van der Waals surface area contributed by atoms with Gasteiger partial charge in [0.1, 0.15) is 5.71 Å². The molecule has 25 heavy (non-hydrogen) atoms. The van der Waals surface area contributed by atoms with Crippen molar-refractivity contribution >= 4 is 23.0 Å². The molecule has 126 valence electrons. The van der Waals surface area contributed by atoms with Gasteiger partial charge in [-0.2, -0.15) is 4.98 Å². The zero-order valence-corrected chi connectivity index (χ0v) is 13.9. The number of benzene rings is 1. The van der Waals surface area contributed by atoms with Crippen LogP contribution in [-0.4, -0.2) is 21.8 Å². The molecule has 0 bridgehead atoms. The van der Waals surface area contributed by atoms with Crippen molar-refractivity contribution in [1.82, 2.24) is 15.5 Å². The summed E-state index contributed by atoms with van der Waals surface area (Å²) in [6, 6.07) is 13.5. The lowest BCUT2D eigenvalue weighted by Gasteiger charge is -2.07. The van der Waals surface area contributed by atoms with E-state index >= 15 is 0 Å². The average Bonchev–Trinajstić information content (AvgIpc) is 3.41. The molecular weight excluding hydrogens is 340 g/mol. The van der Waals surface area contributed by atoms with E-state index in [2.05, 4.69) is 20.6 Å². The minimum Gasteiger partial charge on any atom is -0.387 e. The van der Waals surface area contributed by atoms with Crippen LogP contribution in [0, 0.1) is 0 Å². The molecule has 0 aliphatic carbocycles. The van der Waals surface area contributed by atoms with Crippen LogP contribution in [0.5, 0.6) is 0 Å².